The van der Waals surface area contributed by atoms with Crippen LogP contribution in [0.5, 0.6) is 0 Å². The van der Waals surface area contributed by atoms with Gasteiger partial charge in [-0.05, 0) is 24.3 Å². The van der Waals surface area contributed by atoms with Crippen molar-refractivity contribution < 1.29 is 13.2 Å². The maximum atomic E-state index is 12.0. The number of nitrogens with zero attached hydrogens (tertiary/aromatic N) is 1. The largest absolute Gasteiger partial charge is 0.358 e. The minimum Gasteiger partial charge on any atom is -0.358 e. The molecule has 0 aromatic heterocycles. The zero-order valence-electron chi connectivity index (χ0n) is 9.47. The summed E-state index contributed by atoms with van der Waals surface area (Å²) in [6.07, 6.45) is 0. The molecule has 0 aliphatic carbocycles. The maximum absolute atomic E-state index is 12.0. The molecule has 0 aliphatic rings. The Labute approximate surface area is 105 Å². The molecule has 0 radical (unpaired) electrons. The van der Waals surface area contributed by atoms with Crippen LogP contribution in [0, 0.1) is 0 Å². The van der Waals surface area contributed by atoms with Gasteiger partial charge in [0.1, 0.15) is 0 Å². The van der Waals surface area contributed by atoms with Crippen molar-refractivity contribution in [2.24, 2.45) is 0 Å². The van der Waals surface area contributed by atoms with Crippen LogP contribution in [0.1, 0.15) is 0 Å². The molecule has 1 amide bonds. The minimum absolute atomic E-state index is 0.105. The molecule has 0 heterocycles. The number of hydrogen-bond donors (Lipinski definition) is 1. The van der Waals surface area contributed by atoms with E-state index in [9.17, 15) is 13.2 Å². The maximum Gasteiger partial charge on any atom is 0.243 e. The average molecular weight is 277 g/mol. The second kappa shape index (κ2) is 5.48. The van der Waals surface area contributed by atoms with Gasteiger partial charge in [-0.15, -0.1) is 0 Å². The SMILES string of the molecule is CNC(=O)CN(C)S(=O)(=O)c1ccc(Cl)cc1. The first-order valence-corrected chi connectivity index (χ1v) is 6.62. The smallest absolute Gasteiger partial charge is 0.243 e. The van der Waals surface area contributed by atoms with Gasteiger partial charge >= 0.3 is 0 Å². The number of sulfonamides is 1. The van der Waals surface area contributed by atoms with Gasteiger partial charge in [-0.1, -0.05) is 11.6 Å². The lowest BCUT2D eigenvalue weighted by Crippen LogP contribution is -2.36. The van der Waals surface area contributed by atoms with Gasteiger partial charge in [0.15, 0.2) is 0 Å². The van der Waals surface area contributed by atoms with E-state index in [0.29, 0.717) is 5.02 Å². The monoisotopic (exact) mass is 276 g/mol. The Balaban J connectivity index is 2.95. The second-order valence-corrected chi connectivity index (χ2v) is 5.87. The van der Waals surface area contributed by atoms with Gasteiger partial charge in [-0.2, -0.15) is 4.31 Å². The van der Waals surface area contributed by atoms with Crippen LogP contribution in [-0.4, -0.2) is 39.3 Å². The summed E-state index contributed by atoms with van der Waals surface area (Å²) >= 11 is 5.68. The third-order valence-corrected chi connectivity index (χ3v) is 4.24. The van der Waals surface area contributed by atoms with Gasteiger partial charge in [0, 0.05) is 19.1 Å². The van der Waals surface area contributed by atoms with Gasteiger partial charge in [0.25, 0.3) is 0 Å². The fourth-order valence-electron chi connectivity index (χ4n) is 1.15. The van der Waals surface area contributed by atoms with Crippen LogP contribution < -0.4 is 5.32 Å². The fraction of sp³-hybridized carbons (Fsp3) is 0.300. The van der Waals surface area contributed by atoms with Crippen LogP contribution in [0.15, 0.2) is 29.2 Å². The lowest BCUT2D eigenvalue weighted by Gasteiger charge is -2.16. The molecule has 0 bridgehead atoms. The first-order chi connectivity index (χ1) is 7.87. The minimum atomic E-state index is -3.65. The number of nitrogens with one attached hydrogen (secondary N) is 1. The number of benzene rings is 1. The number of carbonyl (C=O) groups excluding carboxylic acids is 1. The van der Waals surface area contributed by atoms with E-state index in [1.54, 1.807) is 0 Å². The van der Waals surface area contributed by atoms with Crippen molar-refractivity contribution in [3.05, 3.63) is 29.3 Å². The quantitative estimate of drug-likeness (QED) is 0.881. The Hall–Kier alpha value is -1.11. The molecule has 1 aromatic rings. The Kier molecular flexibility index (Phi) is 4.50. The Morgan fingerprint density at radius 3 is 2.35 bits per heavy atom. The molecule has 1 aromatic carbocycles. The van der Waals surface area contributed by atoms with Crippen molar-refractivity contribution in [1.29, 1.82) is 0 Å². The summed E-state index contributed by atoms with van der Waals surface area (Å²) in [6.45, 7) is -0.221. The molecule has 7 heteroatoms. The number of rotatable bonds is 4. The van der Waals surface area contributed by atoms with E-state index in [4.69, 9.17) is 11.6 Å². The third kappa shape index (κ3) is 3.42. The number of likely N-dealkylation sites (N-methyl/N-ethyl adjacent to an activating group) is 2. The fourth-order valence-corrected chi connectivity index (χ4v) is 2.41. The number of carbonyl (C=O) groups is 1. The molecule has 1 N–H and O–H groups in total. The van der Waals surface area contributed by atoms with Crippen LogP contribution in [0.3, 0.4) is 0 Å². The molecular weight excluding hydrogens is 264 g/mol. The van der Waals surface area contributed by atoms with Crippen LogP contribution in [0.4, 0.5) is 0 Å². The zero-order valence-corrected chi connectivity index (χ0v) is 11.0. The average Bonchev–Trinajstić information content (AvgIpc) is 2.29. The number of amides is 1. The number of halogens is 1. The lowest BCUT2D eigenvalue weighted by molar-refractivity contribution is -0.120. The van der Waals surface area contributed by atoms with Crippen LogP contribution in [0.25, 0.3) is 0 Å². The molecule has 0 saturated carbocycles. The molecule has 0 unspecified atom stereocenters. The topological polar surface area (TPSA) is 66.5 Å². The molecule has 0 fully saturated rings. The van der Waals surface area contributed by atoms with Gasteiger partial charge in [0.05, 0.1) is 11.4 Å². The zero-order chi connectivity index (χ0) is 13.1. The van der Waals surface area contributed by atoms with E-state index < -0.39 is 10.0 Å². The highest BCUT2D eigenvalue weighted by molar-refractivity contribution is 7.89. The third-order valence-electron chi connectivity index (χ3n) is 2.17. The van der Waals surface area contributed by atoms with Crippen LogP contribution in [0.2, 0.25) is 5.02 Å². The highest BCUT2D eigenvalue weighted by Crippen LogP contribution is 2.17. The normalized spacial score (nSPS) is 11.5. The van der Waals surface area contributed by atoms with Crippen molar-refractivity contribution in [2.45, 2.75) is 4.90 Å². The van der Waals surface area contributed by atoms with E-state index in [1.807, 2.05) is 0 Å². The predicted octanol–water partition coefficient (Wildman–Crippen LogP) is 0.707. The summed E-state index contributed by atoms with van der Waals surface area (Å²) < 4.78 is 25.0. The first kappa shape index (κ1) is 14.0. The van der Waals surface area contributed by atoms with E-state index in [1.165, 1.54) is 38.4 Å². The van der Waals surface area contributed by atoms with Crippen molar-refractivity contribution in [3.8, 4) is 0 Å². The highest BCUT2D eigenvalue weighted by atomic mass is 35.5. The molecule has 0 saturated heterocycles. The highest BCUT2D eigenvalue weighted by Gasteiger charge is 2.22. The number of hydrogen-bond acceptors (Lipinski definition) is 3. The summed E-state index contributed by atoms with van der Waals surface area (Å²) in [5.74, 6) is -0.370. The van der Waals surface area contributed by atoms with Gasteiger partial charge in [-0.25, -0.2) is 8.42 Å². The van der Waals surface area contributed by atoms with Crippen molar-refractivity contribution in [1.82, 2.24) is 9.62 Å². The molecule has 0 atom stereocenters. The molecule has 17 heavy (non-hydrogen) atoms. The first-order valence-electron chi connectivity index (χ1n) is 4.80. The van der Waals surface area contributed by atoms with Crippen molar-refractivity contribution >= 4 is 27.5 Å². The lowest BCUT2D eigenvalue weighted by atomic mass is 10.4. The molecule has 0 aliphatic heterocycles. The van der Waals surface area contributed by atoms with Crippen molar-refractivity contribution in [3.63, 3.8) is 0 Å². The van der Waals surface area contributed by atoms with Crippen LogP contribution >= 0.6 is 11.6 Å². The van der Waals surface area contributed by atoms with Gasteiger partial charge in [0.2, 0.25) is 15.9 Å². The second-order valence-electron chi connectivity index (χ2n) is 3.39. The standard InChI is InChI=1S/C10H13ClN2O3S/c1-12-10(14)7-13(2)17(15,16)9-5-3-8(11)4-6-9/h3-6H,7H2,1-2H3,(H,12,14). The van der Waals surface area contributed by atoms with E-state index >= 15 is 0 Å². The molecule has 5 nitrogen and oxygen atoms in total. The van der Waals surface area contributed by atoms with Gasteiger partial charge in [-0.3, -0.25) is 4.79 Å². The summed E-state index contributed by atoms with van der Waals surface area (Å²) in [4.78, 5) is 11.2. The summed E-state index contributed by atoms with van der Waals surface area (Å²) in [5, 5.41) is 2.82. The van der Waals surface area contributed by atoms with E-state index in [0.717, 1.165) is 4.31 Å². The summed E-state index contributed by atoms with van der Waals surface area (Å²) in [7, 11) is -0.851. The van der Waals surface area contributed by atoms with Gasteiger partial charge < -0.3 is 5.32 Å². The Bertz CT molecular complexity index is 499. The molecule has 0 spiro atoms. The Morgan fingerprint density at radius 2 is 1.88 bits per heavy atom. The molecule has 94 valence electrons. The molecule has 1 rings (SSSR count). The molecular formula is C10H13ClN2O3S. The van der Waals surface area contributed by atoms with E-state index in [2.05, 4.69) is 5.32 Å². The van der Waals surface area contributed by atoms with Crippen molar-refractivity contribution in [2.75, 3.05) is 20.6 Å². The Morgan fingerprint density at radius 1 is 1.35 bits per heavy atom. The van der Waals surface area contributed by atoms with E-state index in [-0.39, 0.29) is 17.3 Å². The summed E-state index contributed by atoms with van der Waals surface area (Å²) in [5.41, 5.74) is 0. The predicted molar refractivity (Wildman–Crippen MR) is 65.3 cm³/mol. The summed E-state index contributed by atoms with van der Waals surface area (Å²) in [6, 6.07) is 5.78. The van der Waals surface area contributed by atoms with Crippen LogP contribution in [-0.2, 0) is 14.8 Å².